The molecule has 0 aliphatic carbocycles. The van der Waals surface area contributed by atoms with Crippen LogP contribution in [0.2, 0.25) is 0 Å². The van der Waals surface area contributed by atoms with Crippen LogP contribution in [0.5, 0.6) is 0 Å². The number of likely N-dealkylation sites (tertiary alicyclic amines) is 1. The first-order valence-corrected chi connectivity index (χ1v) is 7.58. The minimum atomic E-state index is -0.0509. The average Bonchev–Trinajstić information content (AvgIpc) is 2.37. The van der Waals surface area contributed by atoms with E-state index in [1.54, 1.807) is 18.2 Å². The van der Waals surface area contributed by atoms with E-state index in [-0.39, 0.29) is 11.7 Å². The van der Waals surface area contributed by atoms with E-state index in [0.717, 1.165) is 13.1 Å². The van der Waals surface area contributed by atoms with Crippen molar-refractivity contribution in [3.63, 3.8) is 0 Å². The Morgan fingerprint density at radius 1 is 1.19 bits per heavy atom. The van der Waals surface area contributed by atoms with Crippen molar-refractivity contribution >= 4 is 17.4 Å². The molecule has 1 N–H and O–H groups in total. The maximum Gasteiger partial charge on any atom is 0.238 e. The lowest BCUT2D eigenvalue weighted by Gasteiger charge is -2.34. The van der Waals surface area contributed by atoms with E-state index >= 15 is 0 Å². The van der Waals surface area contributed by atoms with Crippen molar-refractivity contribution in [1.29, 1.82) is 0 Å². The highest BCUT2D eigenvalue weighted by molar-refractivity contribution is 6.04. The van der Waals surface area contributed by atoms with Gasteiger partial charge in [0, 0.05) is 18.7 Å². The number of nitrogens with one attached hydrogen (secondary N) is 1. The fourth-order valence-corrected chi connectivity index (χ4v) is 3.21. The van der Waals surface area contributed by atoms with Gasteiger partial charge < -0.3 is 5.32 Å². The molecule has 0 bridgehead atoms. The number of rotatable bonds is 4. The van der Waals surface area contributed by atoms with Crippen LogP contribution in [0.4, 0.5) is 5.69 Å². The van der Waals surface area contributed by atoms with Gasteiger partial charge in [-0.3, -0.25) is 14.5 Å². The summed E-state index contributed by atoms with van der Waals surface area (Å²) in [6.07, 6.45) is 1.23. The number of hydrogen-bond acceptors (Lipinski definition) is 3. The van der Waals surface area contributed by atoms with Gasteiger partial charge in [0.05, 0.1) is 12.2 Å². The van der Waals surface area contributed by atoms with Crippen LogP contribution in [-0.4, -0.2) is 36.2 Å². The highest BCUT2D eigenvalue weighted by atomic mass is 16.2. The van der Waals surface area contributed by atoms with Crippen LogP contribution in [0.15, 0.2) is 24.3 Å². The Bertz CT molecular complexity index is 517. The predicted octanol–water partition coefficient (Wildman–Crippen LogP) is 2.81. The molecule has 1 aliphatic rings. The van der Waals surface area contributed by atoms with Gasteiger partial charge in [-0.2, -0.15) is 0 Å². The van der Waals surface area contributed by atoms with Crippen molar-refractivity contribution in [3.05, 3.63) is 29.8 Å². The van der Waals surface area contributed by atoms with Gasteiger partial charge in [-0.05, 0) is 37.3 Å². The Morgan fingerprint density at radius 2 is 1.81 bits per heavy atom. The molecule has 1 fully saturated rings. The highest BCUT2D eigenvalue weighted by Gasteiger charge is 2.23. The van der Waals surface area contributed by atoms with Gasteiger partial charge in [-0.25, -0.2) is 0 Å². The fraction of sp³-hybridized carbons (Fsp3) is 0.529. The van der Waals surface area contributed by atoms with Crippen LogP contribution >= 0.6 is 0 Å². The molecule has 0 saturated carbocycles. The van der Waals surface area contributed by atoms with Crippen LogP contribution in [0, 0.1) is 11.8 Å². The molecule has 1 aromatic rings. The largest absolute Gasteiger partial charge is 0.324 e. The Labute approximate surface area is 126 Å². The van der Waals surface area contributed by atoms with Gasteiger partial charge in [-0.1, -0.05) is 26.0 Å². The first-order chi connectivity index (χ1) is 9.95. The number of nitrogens with zero attached hydrogens (tertiary/aromatic N) is 1. The second kappa shape index (κ2) is 6.85. The molecule has 0 aromatic heterocycles. The van der Waals surface area contributed by atoms with Crippen molar-refractivity contribution in [1.82, 2.24) is 4.90 Å². The molecule has 1 saturated heterocycles. The van der Waals surface area contributed by atoms with E-state index in [1.807, 2.05) is 6.07 Å². The van der Waals surface area contributed by atoms with Crippen LogP contribution in [0.3, 0.4) is 0 Å². The number of amides is 1. The maximum absolute atomic E-state index is 12.2. The summed E-state index contributed by atoms with van der Waals surface area (Å²) in [7, 11) is 0. The van der Waals surface area contributed by atoms with Crippen LogP contribution in [0.25, 0.3) is 0 Å². The van der Waals surface area contributed by atoms with Crippen LogP contribution in [-0.2, 0) is 4.79 Å². The second-order valence-electron chi connectivity index (χ2n) is 6.29. The summed E-state index contributed by atoms with van der Waals surface area (Å²) in [5, 5.41) is 2.87. The zero-order valence-corrected chi connectivity index (χ0v) is 13.1. The lowest BCUT2D eigenvalue weighted by Crippen LogP contribution is -2.42. The molecule has 114 valence electrons. The first kappa shape index (κ1) is 15.7. The number of piperidine rings is 1. The second-order valence-corrected chi connectivity index (χ2v) is 6.29. The molecule has 2 atom stereocenters. The van der Waals surface area contributed by atoms with Gasteiger partial charge in [0.25, 0.3) is 0 Å². The topological polar surface area (TPSA) is 49.4 Å². The minimum Gasteiger partial charge on any atom is -0.324 e. The normalized spacial score (nSPS) is 22.8. The Balaban J connectivity index is 1.97. The van der Waals surface area contributed by atoms with Gasteiger partial charge in [-0.15, -0.1) is 0 Å². The quantitative estimate of drug-likeness (QED) is 0.867. The van der Waals surface area contributed by atoms with Gasteiger partial charge >= 0.3 is 0 Å². The third-order valence-corrected chi connectivity index (χ3v) is 3.89. The molecular weight excluding hydrogens is 264 g/mol. The first-order valence-electron chi connectivity index (χ1n) is 7.58. The lowest BCUT2D eigenvalue weighted by molar-refractivity contribution is -0.117. The fourth-order valence-electron chi connectivity index (χ4n) is 3.21. The van der Waals surface area contributed by atoms with Gasteiger partial charge in [0.2, 0.25) is 5.91 Å². The molecule has 0 unspecified atom stereocenters. The zero-order chi connectivity index (χ0) is 15.4. The van der Waals surface area contributed by atoms with E-state index in [1.165, 1.54) is 13.3 Å². The van der Waals surface area contributed by atoms with Gasteiger partial charge in [0.1, 0.15) is 0 Å². The molecule has 1 aromatic carbocycles. The summed E-state index contributed by atoms with van der Waals surface area (Å²) < 4.78 is 0. The van der Waals surface area contributed by atoms with E-state index < -0.39 is 0 Å². The highest BCUT2D eigenvalue weighted by Crippen LogP contribution is 2.21. The number of carbonyl (C=O) groups is 2. The maximum atomic E-state index is 12.2. The van der Waals surface area contributed by atoms with E-state index in [4.69, 9.17) is 0 Å². The molecule has 1 heterocycles. The van der Waals surface area contributed by atoms with E-state index in [9.17, 15) is 9.59 Å². The molecular formula is C17H24N2O2. The molecule has 4 nitrogen and oxygen atoms in total. The molecule has 0 radical (unpaired) electrons. The number of anilines is 1. The van der Waals surface area contributed by atoms with Crippen molar-refractivity contribution < 1.29 is 9.59 Å². The molecule has 4 heteroatoms. The molecule has 2 rings (SSSR count). The smallest absolute Gasteiger partial charge is 0.238 e. The number of para-hydroxylation sites is 1. The summed E-state index contributed by atoms with van der Waals surface area (Å²) in [6, 6.07) is 7.15. The number of benzene rings is 1. The summed E-state index contributed by atoms with van der Waals surface area (Å²) in [5.41, 5.74) is 1.17. The third kappa shape index (κ3) is 4.39. The summed E-state index contributed by atoms with van der Waals surface area (Å²) in [5.74, 6) is 1.17. The molecule has 1 amide bonds. The average molecular weight is 288 g/mol. The van der Waals surface area contributed by atoms with E-state index in [0.29, 0.717) is 29.6 Å². The van der Waals surface area contributed by atoms with E-state index in [2.05, 4.69) is 24.1 Å². The van der Waals surface area contributed by atoms with Crippen molar-refractivity contribution in [2.45, 2.75) is 27.2 Å². The monoisotopic (exact) mass is 288 g/mol. The predicted molar refractivity (Wildman–Crippen MR) is 84.5 cm³/mol. The number of Topliss-reactive ketones (excluding diaryl/α,β-unsaturated/α-hetero) is 1. The number of carbonyl (C=O) groups excluding carboxylic acids is 2. The Hall–Kier alpha value is -1.68. The zero-order valence-electron chi connectivity index (χ0n) is 13.1. The van der Waals surface area contributed by atoms with Gasteiger partial charge in [0.15, 0.2) is 5.78 Å². The number of hydrogen-bond donors (Lipinski definition) is 1. The minimum absolute atomic E-state index is 0.0360. The summed E-state index contributed by atoms with van der Waals surface area (Å²) >= 11 is 0. The van der Waals surface area contributed by atoms with Crippen LogP contribution in [0.1, 0.15) is 37.6 Å². The third-order valence-electron chi connectivity index (χ3n) is 3.89. The van der Waals surface area contributed by atoms with Crippen molar-refractivity contribution in [2.24, 2.45) is 11.8 Å². The Morgan fingerprint density at radius 3 is 2.43 bits per heavy atom. The Kier molecular flexibility index (Phi) is 5.12. The molecule has 0 spiro atoms. The molecule has 1 aliphatic heterocycles. The van der Waals surface area contributed by atoms with Crippen molar-refractivity contribution in [3.8, 4) is 0 Å². The lowest BCUT2D eigenvalue weighted by atomic mass is 9.92. The molecule has 21 heavy (non-hydrogen) atoms. The SMILES string of the molecule is CC(=O)c1ccccc1NC(=O)CN1C[C@@H](C)C[C@H](C)C1. The van der Waals surface area contributed by atoms with Crippen molar-refractivity contribution in [2.75, 3.05) is 25.0 Å². The standard InChI is InChI=1S/C17H24N2O2/c1-12-8-13(2)10-19(9-12)11-17(21)18-16-7-5-4-6-15(16)14(3)20/h4-7,12-13H,8-11H2,1-3H3,(H,18,21)/t12-,13-/m0/s1. The summed E-state index contributed by atoms with van der Waals surface area (Å²) in [6.45, 7) is 8.29. The van der Waals surface area contributed by atoms with Crippen LogP contribution < -0.4 is 5.32 Å². The summed E-state index contributed by atoms with van der Waals surface area (Å²) in [4.78, 5) is 26.0. The number of ketones is 1.